The van der Waals surface area contributed by atoms with Gasteiger partial charge in [-0.05, 0) is 26.0 Å². The van der Waals surface area contributed by atoms with Gasteiger partial charge in [-0.3, -0.25) is 9.80 Å². The first kappa shape index (κ1) is 16.8. The first-order valence-electron chi connectivity index (χ1n) is 8.45. The summed E-state index contributed by atoms with van der Waals surface area (Å²) in [6.45, 7) is 10.2. The third kappa shape index (κ3) is 3.41. The van der Waals surface area contributed by atoms with Crippen molar-refractivity contribution in [2.24, 2.45) is 0 Å². The zero-order valence-corrected chi connectivity index (χ0v) is 14.6. The topological polar surface area (TPSA) is 31.7 Å². The van der Waals surface area contributed by atoms with E-state index >= 15 is 0 Å². The van der Waals surface area contributed by atoms with Gasteiger partial charge in [0.25, 0.3) is 0 Å². The number of halogens is 1. The average molecular weight is 336 g/mol. The van der Waals surface area contributed by atoms with Gasteiger partial charge in [0.2, 0.25) is 0 Å². The second kappa shape index (κ2) is 7.22. The Morgan fingerprint density at radius 1 is 1.17 bits per heavy atom. The molecule has 2 aliphatic rings. The number of hydrogen-bond acceptors (Lipinski definition) is 4. The van der Waals surface area contributed by atoms with Crippen molar-refractivity contribution in [2.75, 3.05) is 39.3 Å². The lowest BCUT2D eigenvalue weighted by molar-refractivity contribution is 0.0980. The van der Waals surface area contributed by atoms with Gasteiger partial charge >= 0.3 is 0 Å². The molecule has 1 aromatic carbocycles. The van der Waals surface area contributed by atoms with Crippen LogP contribution in [0.25, 0.3) is 11.0 Å². The maximum atomic E-state index is 5.90. The van der Waals surface area contributed by atoms with Gasteiger partial charge in [0, 0.05) is 56.3 Å². The molecule has 126 valence electrons. The molecule has 1 aromatic heterocycles. The minimum Gasteiger partial charge on any atom is -0.461 e. The molecule has 0 saturated carbocycles. The minimum atomic E-state index is 0. The average Bonchev–Trinajstić information content (AvgIpc) is 3.17. The summed E-state index contributed by atoms with van der Waals surface area (Å²) in [6, 6.07) is 9.16. The van der Waals surface area contributed by atoms with E-state index in [-0.39, 0.29) is 12.4 Å². The summed E-state index contributed by atoms with van der Waals surface area (Å²) in [6.07, 6.45) is 1.31. The van der Waals surface area contributed by atoms with Gasteiger partial charge in [-0.25, -0.2) is 0 Å². The molecule has 3 heterocycles. The van der Waals surface area contributed by atoms with Crippen LogP contribution in [0.3, 0.4) is 0 Å². The Kier molecular flexibility index (Phi) is 5.27. The Hall–Kier alpha value is -1.07. The summed E-state index contributed by atoms with van der Waals surface area (Å²) >= 11 is 0. The molecule has 4 nitrogen and oxygen atoms in total. The van der Waals surface area contributed by atoms with Crippen molar-refractivity contribution >= 4 is 23.4 Å². The van der Waals surface area contributed by atoms with Crippen molar-refractivity contribution in [3.05, 3.63) is 35.6 Å². The molecule has 23 heavy (non-hydrogen) atoms. The quantitative estimate of drug-likeness (QED) is 0.934. The van der Waals surface area contributed by atoms with E-state index in [1.807, 2.05) is 6.07 Å². The second-order valence-corrected chi connectivity index (χ2v) is 6.59. The van der Waals surface area contributed by atoms with Crippen LogP contribution in [0.15, 0.2) is 28.7 Å². The Balaban J connectivity index is 0.00000156. The van der Waals surface area contributed by atoms with Gasteiger partial charge in [-0.2, -0.15) is 0 Å². The van der Waals surface area contributed by atoms with E-state index in [0.717, 1.165) is 37.0 Å². The summed E-state index contributed by atoms with van der Waals surface area (Å²) in [7, 11) is 0. The van der Waals surface area contributed by atoms with E-state index in [9.17, 15) is 0 Å². The second-order valence-electron chi connectivity index (χ2n) is 6.59. The first-order valence-corrected chi connectivity index (χ1v) is 8.45. The molecule has 1 atom stereocenters. The summed E-state index contributed by atoms with van der Waals surface area (Å²) in [5.41, 5.74) is 2.39. The zero-order valence-electron chi connectivity index (χ0n) is 13.8. The molecule has 1 unspecified atom stereocenters. The summed E-state index contributed by atoms with van der Waals surface area (Å²) < 4.78 is 5.90. The van der Waals surface area contributed by atoms with Crippen LogP contribution >= 0.6 is 12.4 Å². The highest BCUT2D eigenvalue weighted by molar-refractivity contribution is 5.85. The number of rotatable bonds is 3. The number of nitrogens with one attached hydrogen (secondary N) is 1. The lowest BCUT2D eigenvalue weighted by atomic mass is 10.1. The summed E-state index contributed by atoms with van der Waals surface area (Å²) in [4.78, 5) is 5.24. The summed E-state index contributed by atoms with van der Waals surface area (Å²) in [5, 5.41) is 4.76. The zero-order chi connectivity index (χ0) is 14.9. The van der Waals surface area contributed by atoms with Crippen LogP contribution in [-0.4, -0.2) is 55.1 Å². The molecule has 1 N–H and O–H groups in total. The third-order valence-corrected chi connectivity index (χ3v) is 5.24. The van der Waals surface area contributed by atoms with Crippen molar-refractivity contribution in [3.8, 4) is 0 Å². The van der Waals surface area contributed by atoms with Gasteiger partial charge in [-0.15, -0.1) is 12.4 Å². The fourth-order valence-electron chi connectivity index (χ4n) is 3.88. The lowest BCUT2D eigenvalue weighted by Gasteiger charge is -2.37. The fourth-order valence-corrected chi connectivity index (χ4v) is 3.88. The Bertz CT molecular complexity index is 643. The minimum absolute atomic E-state index is 0. The van der Waals surface area contributed by atoms with E-state index in [2.05, 4.69) is 40.2 Å². The first-order chi connectivity index (χ1) is 10.8. The predicted molar refractivity (Wildman–Crippen MR) is 96.3 cm³/mol. The van der Waals surface area contributed by atoms with E-state index < -0.39 is 0 Å². The maximum Gasteiger partial charge on any atom is 0.134 e. The van der Waals surface area contributed by atoms with Crippen molar-refractivity contribution in [2.45, 2.75) is 25.9 Å². The van der Waals surface area contributed by atoms with Crippen LogP contribution in [0.2, 0.25) is 0 Å². The molecule has 4 rings (SSSR count). The molecular formula is C18H26ClN3O. The van der Waals surface area contributed by atoms with Crippen LogP contribution < -0.4 is 5.32 Å². The number of benzene rings is 1. The highest BCUT2D eigenvalue weighted by Gasteiger charge is 2.26. The normalized spacial score (nSPS) is 23.3. The molecule has 2 fully saturated rings. The molecular weight excluding hydrogens is 310 g/mol. The molecule has 0 aliphatic carbocycles. The number of fused-ring (bicyclic) bond motifs is 1. The molecule has 2 saturated heterocycles. The van der Waals surface area contributed by atoms with E-state index in [1.54, 1.807) is 0 Å². The molecule has 0 spiro atoms. The molecule has 0 amide bonds. The number of piperazine rings is 1. The molecule has 0 bridgehead atoms. The Labute approximate surface area is 144 Å². The van der Waals surface area contributed by atoms with Crippen molar-refractivity contribution in [3.63, 3.8) is 0 Å². The smallest absolute Gasteiger partial charge is 0.134 e. The van der Waals surface area contributed by atoms with Crippen LogP contribution in [0.4, 0.5) is 0 Å². The van der Waals surface area contributed by atoms with Crippen LogP contribution in [0.5, 0.6) is 0 Å². The number of aryl methyl sites for hydroxylation is 1. The number of hydrogen-bond donors (Lipinski definition) is 1. The van der Waals surface area contributed by atoms with Crippen LogP contribution in [-0.2, 0) is 6.54 Å². The molecule has 0 radical (unpaired) electrons. The Morgan fingerprint density at radius 3 is 2.70 bits per heavy atom. The van der Waals surface area contributed by atoms with Crippen molar-refractivity contribution in [1.29, 1.82) is 0 Å². The third-order valence-electron chi connectivity index (χ3n) is 5.24. The van der Waals surface area contributed by atoms with Gasteiger partial charge < -0.3 is 9.73 Å². The van der Waals surface area contributed by atoms with E-state index in [1.165, 1.54) is 43.5 Å². The Morgan fingerprint density at radius 2 is 1.96 bits per heavy atom. The van der Waals surface area contributed by atoms with Crippen LogP contribution in [0, 0.1) is 6.92 Å². The number of furan rings is 1. The summed E-state index contributed by atoms with van der Waals surface area (Å²) in [5.74, 6) is 1.07. The number of para-hydroxylation sites is 1. The van der Waals surface area contributed by atoms with Gasteiger partial charge in [0.15, 0.2) is 0 Å². The lowest BCUT2D eigenvalue weighted by Crippen LogP contribution is -2.50. The fraction of sp³-hybridized carbons (Fsp3) is 0.556. The highest BCUT2D eigenvalue weighted by atomic mass is 35.5. The maximum absolute atomic E-state index is 5.90. The standard InChI is InChI=1S/C18H25N3O.ClH/c1-14-17(16-4-2-3-5-18(16)22-14)13-20-8-10-21(11-9-20)15-6-7-19-12-15;/h2-5,15,19H,6-13H2,1H3;1H. The van der Waals surface area contributed by atoms with Gasteiger partial charge in [0.05, 0.1) is 0 Å². The van der Waals surface area contributed by atoms with Gasteiger partial charge in [-0.1, -0.05) is 18.2 Å². The number of nitrogens with zero attached hydrogens (tertiary/aromatic N) is 2. The molecule has 2 aliphatic heterocycles. The van der Waals surface area contributed by atoms with Crippen molar-refractivity contribution < 1.29 is 4.42 Å². The molecule has 2 aromatic rings. The highest BCUT2D eigenvalue weighted by Crippen LogP contribution is 2.27. The van der Waals surface area contributed by atoms with Crippen LogP contribution in [0.1, 0.15) is 17.7 Å². The largest absolute Gasteiger partial charge is 0.461 e. The van der Waals surface area contributed by atoms with Gasteiger partial charge in [0.1, 0.15) is 11.3 Å². The van der Waals surface area contributed by atoms with Crippen molar-refractivity contribution in [1.82, 2.24) is 15.1 Å². The predicted octanol–water partition coefficient (Wildman–Crippen LogP) is 2.64. The molecule has 5 heteroatoms. The SMILES string of the molecule is Cc1oc2ccccc2c1CN1CCN(C2CCNC2)CC1.Cl. The van der Waals surface area contributed by atoms with E-state index in [0.29, 0.717) is 0 Å². The van der Waals surface area contributed by atoms with E-state index in [4.69, 9.17) is 4.42 Å². The monoisotopic (exact) mass is 335 g/mol.